The van der Waals surface area contributed by atoms with Crippen LogP contribution >= 0.6 is 11.3 Å². The van der Waals surface area contributed by atoms with Crippen molar-refractivity contribution in [1.82, 2.24) is 10.3 Å². The molecule has 0 aliphatic rings. The largest absolute Gasteiger partial charge is 0.497 e. The number of anilines is 2. The molecule has 1 aromatic heterocycles. The number of carbonyl (C=O) groups excluding carboxylic acids is 1. The van der Waals surface area contributed by atoms with Gasteiger partial charge in [0.1, 0.15) is 16.6 Å². The Kier molecular flexibility index (Phi) is 7.00. The van der Waals surface area contributed by atoms with Crippen molar-refractivity contribution < 1.29 is 17.9 Å². The van der Waals surface area contributed by atoms with Crippen molar-refractivity contribution in [3.63, 3.8) is 0 Å². The van der Waals surface area contributed by atoms with Crippen molar-refractivity contribution in [1.29, 1.82) is 5.26 Å². The van der Waals surface area contributed by atoms with Crippen LogP contribution in [0.25, 0.3) is 0 Å². The van der Waals surface area contributed by atoms with Crippen LogP contribution in [0.2, 0.25) is 0 Å². The van der Waals surface area contributed by atoms with Gasteiger partial charge < -0.3 is 15.0 Å². The number of thiol groups is 1. The lowest BCUT2D eigenvalue weighted by Gasteiger charge is -2.24. The van der Waals surface area contributed by atoms with Gasteiger partial charge in [-0.1, -0.05) is 12.1 Å². The number of benzene rings is 2. The van der Waals surface area contributed by atoms with Crippen molar-refractivity contribution in [2.24, 2.45) is 0 Å². The fraction of sp³-hybridized carbons (Fsp3) is 0.150. The quantitative estimate of drug-likeness (QED) is 0.516. The molecular weight excluding hydrogens is 424 g/mol. The molecule has 10 heteroatoms. The number of thiazole rings is 1. The van der Waals surface area contributed by atoms with Crippen LogP contribution in [0.1, 0.15) is 21.6 Å². The number of hydrogen-bond acceptors (Lipinski definition) is 8. The molecular formula is C20H18N4O4S2. The molecule has 0 aliphatic carbocycles. The van der Waals surface area contributed by atoms with Crippen LogP contribution in [-0.4, -0.2) is 32.3 Å². The van der Waals surface area contributed by atoms with Gasteiger partial charge in [-0.05, 0) is 42.0 Å². The average molecular weight is 443 g/mol. The van der Waals surface area contributed by atoms with Crippen LogP contribution in [0, 0.1) is 11.3 Å². The molecule has 0 radical (unpaired) electrons. The van der Waals surface area contributed by atoms with E-state index in [0.29, 0.717) is 17.1 Å². The lowest BCUT2D eigenvalue weighted by atomic mass is 10.1. The molecule has 0 atom stereocenters. The van der Waals surface area contributed by atoms with Crippen molar-refractivity contribution in [2.45, 2.75) is 6.54 Å². The van der Waals surface area contributed by atoms with E-state index in [1.165, 1.54) is 16.8 Å². The normalized spacial score (nSPS) is 10.4. The van der Waals surface area contributed by atoms with Gasteiger partial charge in [0.2, 0.25) is 0 Å². The highest BCUT2D eigenvalue weighted by Gasteiger charge is 2.22. The van der Waals surface area contributed by atoms with Gasteiger partial charge in [0.15, 0.2) is 16.4 Å². The summed E-state index contributed by atoms with van der Waals surface area (Å²) in [5.74, 6) is -0.299. The molecule has 0 bridgehead atoms. The van der Waals surface area contributed by atoms with Crippen LogP contribution in [0.5, 0.6) is 5.75 Å². The number of nitriles is 1. The smallest absolute Gasteiger partial charge is 0.273 e. The maximum Gasteiger partial charge on any atom is 0.273 e. The van der Waals surface area contributed by atoms with Crippen molar-refractivity contribution in [2.75, 3.05) is 17.9 Å². The van der Waals surface area contributed by atoms with Crippen LogP contribution in [0.3, 0.4) is 0 Å². The van der Waals surface area contributed by atoms with E-state index in [0.717, 1.165) is 17.0 Å². The topological polar surface area (TPSA) is 112 Å². The van der Waals surface area contributed by atoms with E-state index in [4.69, 9.17) is 10.00 Å². The minimum atomic E-state index is -2.74. The number of rotatable bonds is 8. The van der Waals surface area contributed by atoms with Crippen molar-refractivity contribution in [3.8, 4) is 11.8 Å². The Balaban J connectivity index is 1.98. The summed E-state index contributed by atoms with van der Waals surface area (Å²) in [5, 5.41) is 12.0. The number of carbonyl (C=O) groups is 1. The van der Waals surface area contributed by atoms with Crippen LogP contribution < -0.4 is 15.0 Å². The molecule has 0 saturated heterocycles. The summed E-state index contributed by atoms with van der Waals surface area (Å²) in [4.78, 5) is 18.5. The second-order valence-electron chi connectivity index (χ2n) is 6.10. The number of nitrogens with zero attached hydrogens (tertiary/aromatic N) is 3. The third-order valence-electron chi connectivity index (χ3n) is 4.19. The summed E-state index contributed by atoms with van der Waals surface area (Å²) in [6, 6.07) is 16.6. The number of hydrogen-bond donors (Lipinski definition) is 2. The Hall–Kier alpha value is -3.42. The minimum absolute atomic E-state index is 0.134. The van der Waals surface area contributed by atoms with Gasteiger partial charge in [0.25, 0.3) is 5.91 Å². The molecule has 0 unspecified atom stereocenters. The predicted octanol–water partition coefficient (Wildman–Crippen LogP) is 2.66. The number of methoxy groups -OCH3 is 1. The van der Waals surface area contributed by atoms with Gasteiger partial charge >= 0.3 is 0 Å². The van der Waals surface area contributed by atoms with Gasteiger partial charge in [-0.3, -0.25) is 4.79 Å². The standard InChI is InChI=1S/C20H18N4O4S2/c1-28-17-8-4-15(5-9-17)11-24(16-6-2-14(10-21)3-7-16)20-18(22-12-29-20)19(25)23-13-30(26)27/h2-9,12,30H,11,13H2,1H3,(H,23,25). The first kappa shape index (κ1) is 21.3. The maximum atomic E-state index is 12.5. The fourth-order valence-electron chi connectivity index (χ4n) is 2.72. The highest BCUT2D eigenvalue weighted by Crippen LogP contribution is 2.34. The summed E-state index contributed by atoms with van der Waals surface area (Å²) < 4.78 is 26.8. The minimum Gasteiger partial charge on any atom is -0.497 e. The zero-order valence-corrected chi connectivity index (χ0v) is 17.7. The number of ether oxygens (including phenoxy) is 1. The molecule has 8 nitrogen and oxygen atoms in total. The summed E-state index contributed by atoms with van der Waals surface area (Å²) in [7, 11) is -1.15. The molecule has 0 aliphatic heterocycles. The highest BCUT2D eigenvalue weighted by atomic mass is 32.2. The SMILES string of the molecule is COc1ccc(CN(c2ccc(C#N)cc2)c2scnc2C(=O)NC[SH](=O)=O)cc1. The molecule has 1 N–H and O–H groups in total. The summed E-state index contributed by atoms with van der Waals surface area (Å²) in [6.45, 7) is 0.425. The molecule has 2 aromatic carbocycles. The first-order chi connectivity index (χ1) is 14.5. The van der Waals surface area contributed by atoms with E-state index in [9.17, 15) is 13.2 Å². The molecule has 0 fully saturated rings. The molecule has 1 amide bonds. The third-order valence-corrected chi connectivity index (χ3v) is 5.45. The second-order valence-corrected chi connectivity index (χ2v) is 7.91. The van der Waals surface area contributed by atoms with E-state index >= 15 is 0 Å². The highest BCUT2D eigenvalue weighted by molar-refractivity contribution is 7.72. The van der Waals surface area contributed by atoms with E-state index in [2.05, 4.69) is 16.4 Å². The summed E-state index contributed by atoms with van der Waals surface area (Å²) >= 11 is 1.27. The maximum absolute atomic E-state index is 12.5. The molecule has 3 aromatic rings. The summed E-state index contributed by atoms with van der Waals surface area (Å²) in [6.07, 6.45) is 0. The zero-order chi connectivity index (χ0) is 21.5. The first-order valence-corrected chi connectivity index (χ1v) is 11.0. The summed E-state index contributed by atoms with van der Waals surface area (Å²) in [5.41, 5.74) is 3.91. The number of aromatic nitrogens is 1. The van der Waals surface area contributed by atoms with E-state index in [-0.39, 0.29) is 5.69 Å². The van der Waals surface area contributed by atoms with Crippen molar-refractivity contribution in [3.05, 3.63) is 70.9 Å². The van der Waals surface area contributed by atoms with E-state index in [1.54, 1.807) is 31.4 Å². The van der Waals surface area contributed by atoms with E-state index in [1.807, 2.05) is 29.2 Å². The van der Waals surface area contributed by atoms with Gasteiger partial charge in [0, 0.05) is 12.2 Å². The Bertz CT molecular complexity index is 1120. The fourth-order valence-corrected chi connectivity index (χ4v) is 3.80. The Labute approximate surface area is 179 Å². The molecule has 0 spiro atoms. The first-order valence-electron chi connectivity index (χ1n) is 8.76. The average Bonchev–Trinajstić information content (AvgIpc) is 3.26. The lowest BCUT2D eigenvalue weighted by Crippen LogP contribution is -2.27. The molecule has 30 heavy (non-hydrogen) atoms. The van der Waals surface area contributed by atoms with Crippen LogP contribution in [0.4, 0.5) is 10.7 Å². The van der Waals surface area contributed by atoms with Crippen molar-refractivity contribution >= 4 is 38.6 Å². The molecule has 154 valence electrons. The zero-order valence-electron chi connectivity index (χ0n) is 15.9. The molecule has 1 heterocycles. The predicted molar refractivity (Wildman–Crippen MR) is 115 cm³/mol. The van der Waals surface area contributed by atoms with E-state index < -0.39 is 22.5 Å². The van der Waals surface area contributed by atoms with Gasteiger partial charge in [-0.15, -0.1) is 11.3 Å². The third kappa shape index (κ3) is 5.14. The van der Waals surface area contributed by atoms with Gasteiger partial charge in [0.05, 0.1) is 24.3 Å². The van der Waals surface area contributed by atoms with Crippen LogP contribution in [-0.2, 0) is 17.2 Å². The monoisotopic (exact) mass is 442 g/mol. The second kappa shape index (κ2) is 9.87. The van der Waals surface area contributed by atoms with Crippen LogP contribution in [0.15, 0.2) is 54.0 Å². The Morgan fingerprint density at radius 2 is 1.90 bits per heavy atom. The number of nitrogens with one attached hydrogen (secondary N) is 1. The number of amides is 1. The van der Waals surface area contributed by atoms with Gasteiger partial charge in [-0.2, -0.15) is 5.26 Å². The Morgan fingerprint density at radius 3 is 2.50 bits per heavy atom. The van der Waals surface area contributed by atoms with Gasteiger partial charge in [-0.25, -0.2) is 13.4 Å². The molecule has 0 saturated carbocycles. The lowest BCUT2D eigenvalue weighted by molar-refractivity contribution is 0.0956. The molecule has 3 rings (SSSR count). The Morgan fingerprint density at radius 1 is 1.20 bits per heavy atom.